The van der Waals surface area contributed by atoms with Crippen LogP contribution in [0.1, 0.15) is 30.7 Å². The minimum atomic E-state index is -1.16. The number of aromatic nitrogens is 2. The molecule has 1 aromatic carbocycles. The number of carbonyl (C=O) groups is 1. The van der Waals surface area contributed by atoms with Crippen LogP contribution in [0.4, 0.5) is 0 Å². The van der Waals surface area contributed by atoms with E-state index in [1.165, 1.54) is 10.8 Å². The number of nitrogens with zero attached hydrogens (tertiary/aromatic N) is 1. The lowest BCUT2D eigenvalue weighted by Gasteiger charge is -2.30. The number of benzene rings is 1. The number of aromatic amines is 1. The molecule has 27 heavy (non-hydrogen) atoms. The molecule has 1 amide bonds. The van der Waals surface area contributed by atoms with E-state index in [2.05, 4.69) is 10.3 Å². The Kier molecular flexibility index (Phi) is 4.24. The van der Waals surface area contributed by atoms with Gasteiger partial charge in [0, 0.05) is 11.8 Å². The number of rotatable bonds is 5. The molecule has 4 rings (SSSR count). The van der Waals surface area contributed by atoms with Crippen LogP contribution in [0, 0.1) is 6.92 Å². The van der Waals surface area contributed by atoms with Gasteiger partial charge in [0.1, 0.15) is 12.1 Å². The SMILES string of the molecule is CC[C@]12O[C@@H](n3cc(C)c(=O)[nH]c3=O)C(NC1=O)[C@H]2OCc1ccccc1. The highest BCUT2D eigenvalue weighted by atomic mass is 16.6. The van der Waals surface area contributed by atoms with Gasteiger partial charge in [0.25, 0.3) is 11.5 Å². The topological polar surface area (TPSA) is 102 Å². The van der Waals surface area contributed by atoms with Crippen molar-refractivity contribution in [3.63, 3.8) is 0 Å². The molecular formula is C19H21N3O5. The number of fused-ring (bicyclic) bond motifs is 2. The maximum Gasteiger partial charge on any atom is 0.330 e. The zero-order chi connectivity index (χ0) is 19.2. The van der Waals surface area contributed by atoms with Crippen LogP contribution in [0.5, 0.6) is 0 Å². The number of H-pyrrole nitrogens is 1. The molecule has 2 aliphatic heterocycles. The molecule has 1 unspecified atom stereocenters. The summed E-state index contributed by atoms with van der Waals surface area (Å²) in [5.41, 5.74) is -0.806. The van der Waals surface area contributed by atoms with Crippen molar-refractivity contribution in [2.24, 2.45) is 0 Å². The van der Waals surface area contributed by atoms with Crippen molar-refractivity contribution in [3.8, 4) is 0 Å². The average Bonchev–Trinajstić information content (AvgIpc) is 3.12. The lowest BCUT2D eigenvalue weighted by atomic mass is 9.95. The number of morpholine rings is 1. The summed E-state index contributed by atoms with van der Waals surface area (Å²) in [5, 5.41) is 2.90. The van der Waals surface area contributed by atoms with E-state index in [9.17, 15) is 14.4 Å². The zero-order valence-electron chi connectivity index (χ0n) is 15.1. The molecule has 2 N–H and O–H groups in total. The number of carbonyl (C=O) groups excluding carboxylic acids is 1. The fourth-order valence-electron chi connectivity index (χ4n) is 3.85. The van der Waals surface area contributed by atoms with E-state index in [0.29, 0.717) is 18.6 Å². The van der Waals surface area contributed by atoms with Crippen LogP contribution in [0.2, 0.25) is 0 Å². The van der Waals surface area contributed by atoms with Gasteiger partial charge in [-0.05, 0) is 18.9 Å². The van der Waals surface area contributed by atoms with E-state index < -0.39 is 35.2 Å². The van der Waals surface area contributed by atoms with Gasteiger partial charge in [-0.2, -0.15) is 0 Å². The van der Waals surface area contributed by atoms with Gasteiger partial charge in [-0.3, -0.25) is 19.1 Å². The van der Waals surface area contributed by atoms with E-state index in [1.807, 2.05) is 37.3 Å². The highest BCUT2D eigenvalue weighted by Crippen LogP contribution is 2.45. The highest BCUT2D eigenvalue weighted by molar-refractivity contribution is 5.90. The molecule has 0 aliphatic carbocycles. The molecular weight excluding hydrogens is 350 g/mol. The van der Waals surface area contributed by atoms with Crippen LogP contribution in [0.15, 0.2) is 46.1 Å². The van der Waals surface area contributed by atoms with Gasteiger partial charge in [-0.15, -0.1) is 0 Å². The third-order valence-corrected chi connectivity index (χ3v) is 5.32. The average molecular weight is 371 g/mol. The minimum absolute atomic E-state index is 0.237. The maximum absolute atomic E-state index is 12.5. The van der Waals surface area contributed by atoms with Gasteiger partial charge in [0.05, 0.1) is 6.61 Å². The smallest absolute Gasteiger partial charge is 0.330 e. The normalized spacial score (nSPS) is 29.1. The van der Waals surface area contributed by atoms with E-state index in [-0.39, 0.29) is 5.91 Å². The van der Waals surface area contributed by atoms with Crippen molar-refractivity contribution in [2.75, 3.05) is 0 Å². The Morgan fingerprint density at radius 3 is 2.67 bits per heavy atom. The Bertz CT molecular complexity index is 983. The lowest BCUT2D eigenvalue weighted by molar-refractivity contribution is -0.165. The molecule has 8 heteroatoms. The van der Waals surface area contributed by atoms with E-state index in [1.54, 1.807) is 6.92 Å². The second-order valence-electron chi connectivity index (χ2n) is 6.95. The van der Waals surface area contributed by atoms with Gasteiger partial charge < -0.3 is 14.8 Å². The molecule has 2 bridgehead atoms. The van der Waals surface area contributed by atoms with Gasteiger partial charge in [0.2, 0.25) is 0 Å². The van der Waals surface area contributed by atoms with Gasteiger partial charge in [0.15, 0.2) is 11.8 Å². The maximum atomic E-state index is 12.5. The third-order valence-electron chi connectivity index (χ3n) is 5.32. The van der Waals surface area contributed by atoms with Crippen molar-refractivity contribution in [2.45, 2.75) is 50.8 Å². The van der Waals surface area contributed by atoms with Crippen LogP contribution >= 0.6 is 0 Å². The number of hydrogen-bond acceptors (Lipinski definition) is 5. The molecule has 0 radical (unpaired) electrons. The first-order chi connectivity index (χ1) is 13.0. The first kappa shape index (κ1) is 17.7. The molecule has 0 spiro atoms. The van der Waals surface area contributed by atoms with Crippen molar-refractivity contribution >= 4 is 5.91 Å². The Morgan fingerprint density at radius 2 is 1.96 bits per heavy atom. The van der Waals surface area contributed by atoms with Crippen LogP contribution in [0.25, 0.3) is 0 Å². The number of hydrogen-bond donors (Lipinski definition) is 2. The highest BCUT2D eigenvalue weighted by Gasteiger charge is 2.66. The van der Waals surface area contributed by atoms with Crippen LogP contribution in [-0.4, -0.2) is 33.2 Å². The summed E-state index contributed by atoms with van der Waals surface area (Å²) >= 11 is 0. The lowest BCUT2D eigenvalue weighted by Crippen LogP contribution is -2.50. The summed E-state index contributed by atoms with van der Waals surface area (Å²) in [5.74, 6) is -0.237. The second-order valence-corrected chi connectivity index (χ2v) is 6.95. The summed E-state index contributed by atoms with van der Waals surface area (Å²) in [4.78, 5) is 38.8. The van der Waals surface area contributed by atoms with E-state index >= 15 is 0 Å². The Labute approximate surface area is 155 Å². The molecule has 2 fully saturated rings. The zero-order valence-corrected chi connectivity index (χ0v) is 15.1. The molecule has 2 saturated heterocycles. The summed E-state index contributed by atoms with van der Waals surface area (Å²) < 4.78 is 13.5. The predicted molar refractivity (Wildman–Crippen MR) is 96.2 cm³/mol. The fourth-order valence-corrected chi connectivity index (χ4v) is 3.85. The van der Waals surface area contributed by atoms with Crippen LogP contribution < -0.4 is 16.6 Å². The first-order valence-corrected chi connectivity index (χ1v) is 8.92. The standard InChI is InChI=1S/C19H21N3O5/c1-3-19-14(26-10-12-7-5-4-6-8-12)13(20-17(19)24)16(27-19)22-9-11(2)15(23)21-18(22)25/h4-9,13-14,16H,3,10H2,1-2H3,(H,20,24)(H,21,23,25)/t13?,14-,16-,19-/m1/s1. The molecule has 2 aliphatic rings. The molecule has 142 valence electrons. The largest absolute Gasteiger partial charge is 0.368 e. The summed E-state index contributed by atoms with van der Waals surface area (Å²) in [6, 6.07) is 9.12. The second kappa shape index (κ2) is 6.47. The fraction of sp³-hybridized carbons (Fsp3) is 0.421. The van der Waals surface area contributed by atoms with Crippen molar-refractivity contribution < 1.29 is 14.3 Å². The number of ether oxygens (including phenoxy) is 2. The van der Waals surface area contributed by atoms with E-state index in [4.69, 9.17) is 9.47 Å². The molecule has 2 aromatic rings. The van der Waals surface area contributed by atoms with Crippen molar-refractivity contribution in [3.05, 3.63) is 68.5 Å². The Morgan fingerprint density at radius 1 is 1.22 bits per heavy atom. The third kappa shape index (κ3) is 2.72. The number of aryl methyl sites for hydroxylation is 1. The molecule has 4 atom stereocenters. The molecule has 3 heterocycles. The van der Waals surface area contributed by atoms with Gasteiger partial charge in [-0.25, -0.2) is 4.79 Å². The molecule has 0 saturated carbocycles. The number of nitrogens with one attached hydrogen (secondary N) is 2. The Hall–Kier alpha value is -2.71. The molecule has 8 nitrogen and oxygen atoms in total. The van der Waals surface area contributed by atoms with Crippen molar-refractivity contribution in [1.29, 1.82) is 0 Å². The van der Waals surface area contributed by atoms with Crippen LogP contribution in [-0.2, 0) is 20.9 Å². The summed E-state index contributed by atoms with van der Waals surface area (Å²) in [6.07, 6.45) is 0.574. The monoisotopic (exact) mass is 371 g/mol. The van der Waals surface area contributed by atoms with E-state index in [0.717, 1.165) is 5.56 Å². The summed E-state index contributed by atoms with van der Waals surface area (Å²) in [6.45, 7) is 3.79. The Balaban J connectivity index is 1.66. The van der Waals surface area contributed by atoms with Gasteiger partial charge >= 0.3 is 5.69 Å². The predicted octanol–water partition coefficient (Wildman–Crippen LogP) is 0.606. The van der Waals surface area contributed by atoms with Gasteiger partial charge in [-0.1, -0.05) is 37.3 Å². The number of amides is 1. The molecule has 1 aromatic heterocycles. The van der Waals surface area contributed by atoms with Crippen molar-refractivity contribution in [1.82, 2.24) is 14.9 Å². The summed E-state index contributed by atoms with van der Waals surface area (Å²) in [7, 11) is 0. The minimum Gasteiger partial charge on any atom is -0.368 e. The van der Waals surface area contributed by atoms with Crippen LogP contribution in [0.3, 0.4) is 0 Å². The first-order valence-electron chi connectivity index (χ1n) is 8.92. The quantitative estimate of drug-likeness (QED) is 0.802.